The molecule has 21 heavy (non-hydrogen) atoms. The molecule has 0 aliphatic heterocycles. The van der Waals surface area contributed by atoms with Crippen molar-refractivity contribution in [2.24, 2.45) is 0 Å². The quantitative estimate of drug-likeness (QED) is 0.687. The summed E-state index contributed by atoms with van der Waals surface area (Å²) in [6, 6.07) is 13.0. The minimum Gasteiger partial charge on any atom is -0.464 e. The van der Waals surface area contributed by atoms with E-state index in [0.717, 1.165) is 5.56 Å². The van der Waals surface area contributed by atoms with E-state index in [4.69, 9.17) is 9.26 Å². The lowest BCUT2D eigenvalue weighted by Gasteiger charge is -2.03. The maximum atomic E-state index is 11.6. The molecule has 0 atom stereocenters. The first-order valence-electron chi connectivity index (χ1n) is 6.39. The summed E-state index contributed by atoms with van der Waals surface area (Å²) in [7, 11) is 1.35. The van der Waals surface area contributed by atoms with Crippen molar-refractivity contribution in [2.45, 2.75) is 6.54 Å². The number of benzene rings is 1. The zero-order chi connectivity index (χ0) is 14.7. The van der Waals surface area contributed by atoms with Crippen molar-refractivity contribution in [3.63, 3.8) is 0 Å². The van der Waals surface area contributed by atoms with E-state index in [-0.39, 0.29) is 0 Å². The van der Waals surface area contributed by atoms with Crippen LogP contribution < -0.4 is 0 Å². The van der Waals surface area contributed by atoms with Crippen LogP contribution in [0.2, 0.25) is 0 Å². The van der Waals surface area contributed by atoms with E-state index in [1.165, 1.54) is 7.11 Å². The van der Waals surface area contributed by atoms with Gasteiger partial charge in [0.25, 0.3) is 0 Å². The fourth-order valence-electron chi connectivity index (χ4n) is 2.01. The molecule has 0 bridgehead atoms. The minimum absolute atomic E-state index is 0.317. The fourth-order valence-corrected chi connectivity index (χ4v) is 2.01. The number of rotatable bonds is 4. The number of hydrogen-bond acceptors (Lipinski definition) is 5. The summed E-state index contributed by atoms with van der Waals surface area (Å²) in [5.41, 5.74) is 1.32. The van der Waals surface area contributed by atoms with Crippen molar-refractivity contribution in [3.05, 3.63) is 60.2 Å². The lowest BCUT2D eigenvalue weighted by molar-refractivity contribution is 0.0588. The van der Waals surface area contributed by atoms with E-state index in [1.807, 2.05) is 30.3 Å². The first kappa shape index (κ1) is 13.1. The highest BCUT2D eigenvalue weighted by molar-refractivity contribution is 5.87. The summed E-state index contributed by atoms with van der Waals surface area (Å²) in [6.07, 6.45) is 1.76. The topological polar surface area (TPSA) is 70.2 Å². The molecule has 1 aromatic carbocycles. The Kier molecular flexibility index (Phi) is 3.51. The SMILES string of the molecule is COC(=O)c1cccn1Cc1nc(-c2ccccc2)no1. The van der Waals surface area contributed by atoms with Gasteiger partial charge in [-0.2, -0.15) is 4.98 Å². The zero-order valence-corrected chi connectivity index (χ0v) is 11.4. The van der Waals surface area contributed by atoms with Crippen LogP contribution in [-0.2, 0) is 11.3 Å². The summed E-state index contributed by atoms with van der Waals surface area (Å²) >= 11 is 0. The largest absolute Gasteiger partial charge is 0.464 e. The van der Waals surface area contributed by atoms with Crippen LogP contribution in [0.3, 0.4) is 0 Å². The van der Waals surface area contributed by atoms with Crippen LogP contribution in [0, 0.1) is 0 Å². The summed E-state index contributed by atoms with van der Waals surface area (Å²) in [4.78, 5) is 15.9. The van der Waals surface area contributed by atoms with Crippen molar-refractivity contribution in [1.82, 2.24) is 14.7 Å². The normalized spacial score (nSPS) is 10.5. The Hall–Kier alpha value is -2.89. The van der Waals surface area contributed by atoms with E-state index in [9.17, 15) is 4.79 Å². The van der Waals surface area contributed by atoms with Crippen molar-refractivity contribution in [2.75, 3.05) is 7.11 Å². The highest BCUT2D eigenvalue weighted by atomic mass is 16.5. The third kappa shape index (κ3) is 2.69. The van der Waals surface area contributed by atoms with E-state index in [2.05, 4.69) is 10.1 Å². The van der Waals surface area contributed by atoms with Gasteiger partial charge in [-0.1, -0.05) is 35.5 Å². The molecule has 0 amide bonds. The number of esters is 1. The molecule has 2 heterocycles. The molecule has 0 aliphatic carbocycles. The fraction of sp³-hybridized carbons (Fsp3) is 0.133. The molecule has 0 saturated heterocycles. The van der Waals surface area contributed by atoms with E-state index >= 15 is 0 Å². The standard InChI is InChI=1S/C15H13N3O3/c1-20-15(19)12-8-5-9-18(12)10-13-16-14(17-21-13)11-6-3-2-4-7-11/h2-9H,10H2,1H3. The van der Waals surface area contributed by atoms with Crippen molar-refractivity contribution in [1.29, 1.82) is 0 Å². The van der Waals surface area contributed by atoms with Gasteiger partial charge in [-0.05, 0) is 12.1 Å². The first-order valence-corrected chi connectivity index (χ1v) is 6.39. The third-order valence-electron chi connectivity index (χ3n) is 3.03. The molecule has 3 rings (SSSR count). The van der Waals surface area contributed by atoms with E-state index < -0.39 is 5.97 Å². The molecule has 6 nitrogen and oxygen atoms in total. The maximum absolute atomic E-state index is 11.6. The van der Waals surface area contributed by atoms with Crippen LogP contribution in [0.25, 0.3) is 11.4 Å². The number of nitrogens with zero attached hydrogens (tertiary/aromatic N) is 3. The molecule has 0 saturated carbocycles. The number of methoxy groups -OCH3 is 1. The Labute approximate surface area is 121 Å². The minimum atomic E-state index is -0.400. The second kappa shape index (κ2) is 5.62. The molecule has 0 spiro atoms. The summed E-state index contributed by atoms with van der Waals surface area (Å²) in [5, 5.41) is 3.95. The van der Waals surface area contributed by atoms with Gasteiger partial charge in [0.1, 0.15) is 12.2 Å². The Morgan fingerprint density at radius 1 is 1.24 bits per heavy atom. The highest BCUT2D eigenvalue weighted by Crippen LogP contribution is 2.16. The van der Waals surface area contributed by atoms with Gasteiger partial charge in [0.2, 0.25) is 11.7 Å². The van der Waals surface area contributed by atoms with Gasteiger partial charge in [0.05, 0.1) is 7.11 Å². The lowest BCUT2D eigenvalue weighted by Crippen LogP contribution is -2.10. The van der Waals surface area contributed by atoms with E-state index in [0.29, 0.717) is 24.0 Å². The average molecular weight is 283 g/mol. The molecule has 6 heteroatoms. The van der Waals surface area contributed by atoms with Crippen LogP contribution in [0.1, 0.15) is 16.4 Å². The van der Waals surface area contributed by atoms with E-state index in [1.54, 1.807) is 22.9 Å². The molecule has 0 radical (unpaired) electrons. The Morgan fingerprint density at radius 3 is 2.81 bits per heavy atom. The average Bonchev–Trinajstić information content (AvgIpc) is 3.17. The van der Waals surface area contributed by atoms with Crippen LogP contribution in [0.4, 0.5) is 0 Å². The number of ether oxygens (including phenoxy) is 1. The number of hydrogen-bond donors (Lipinski definition) is 0. The van der Waals surface area contributed by atoms with Gasteiger partial charge < -0.3 is 13.8 Å². The Morgan fingerprint density at radius 2 is 2.05 bits per heavy atom. The number of carbonyl (C=O) groups excluding carboxylic acids is 1. The number of aromatic nitrogens is 3. The molecular weight excluding hydrogens is 270 g/mol. The third-order valence-corrected chi connectivity index (χ3v) is 3.03. The van der Waals surface area contributed by atoms with Gasteiger partial charge in [0, 0.05) is 11.8 Å². The second-order valence-corrected chi connectivity index (χ2v) is 4.39. The van der Waals surface area contributed by atoms with Crippen molar-refractivity contribution in [3.8, 4) is 11.4 Å². The predicted octanol–water partition coefficient (Wildman–Crippen LogP) is 2.37. The smallest absolute Gasteiger partial charge is 0.354 e. The van der Waals surface area contributed by atoms with Crippen LogP contribution in [0.15, 0.2) is 53.2 Å². The second-order valence-electron chi connectivity index (χ2n) is 4.39. The predicted molar refractivity (Wildman–Crippen MR) is 74.6 cm³/mol. The number of carbonyl (C=O) groups is 1. The van der Waals surface area contributed by atoms with Crippen molar-refractivity contribution < 1.29 is 14.1 Å². The van der Waals surface area contributed by atoms with Gasteiger partial charge in [-0.25, -0.2) is 4.79 Å². The molecule has 0 fully saturated rings. The molecule has 3 aromatic rings. The molecule has 106 valence electrons. The zero-order valence-electron chi connectivity index (χ0n) is 11.4. The molecular formula is C15H13N3O3. The van der Waals surface area contributed by atoms with Crippen LogP contribution >= 0.6 is 0 Å². The lowest BCUT2D eigenvalue weighted by atomic mass is 10.2. The monoisotopic (exact) mass is 283 g/mol. The molecule has 0 aliphatic rings. The van der Waals surface area contributed by atoms with Crippen molar-refractivity contribution >= 4 is 5.97 Å². The van der Waals surface area contributed by atoms with Crippen LogP contribution in [0.5, 0.6) is 0 Å². The summed E-state index contributed by atoms with van der Waals surface area (Å²) in [5.74, 6) is 0.551. The first-order chi connectivity index (χ1) is 10.3. The van der Waals surface area contributed by atoms with Gasteiger partial charge in [-0.3, -0.25) is 0 Å². The molecule has 2 aromatic heterocycles. The summed E-state index contributed by atoms with van der Waals surface area (Å²) in [6.45, 7) is 0.317. The summed E-state index contributed by atoms with van der Waals surface area (Å²) < 4.78 is 11.7. The van der Waals surface area contributed by atoms with Gasteiger partial charge in [0.15, 0.2) is 0 Å². The van der Waals surface area contributed by atoms with Gasteiger partial charge in [-0.15, -0.1) is 0 Å². The maximum Gasteiger partial charge on any atom is 0.354 e. The van der Waals surface area contributed by atoms with Gasteiger partial charge >= 0.3 is 5.97 Å². The highest BCUT2D eigenvalue weighted by Gasteiger charge is 2.14. The Balaban J connectivity index is 1.82. The Bertz CT molecular complexity index is 746. The molecule has 0 unspecified atom stereocenters. The molecule has 0 N–H and O–H groups in total. The van der Waals surface area contributed by atoms with Crippen LogP contribution in [-0.4, -0.2) is 27.8 Å².